The molecule has 10 nitrogen and oxygen atoms in total. The summed E-state index contributed by atoms with van der Waals surface area (Å²) >= 11 is 6.66. The lowest BCUT2D eigenvalue weighted by molar-refractivity contribution is 0.0204. The van der Waals surface area contributed by atoms with E-state index in [-0.39, 0.29) is 12.7 Å². The molecular weight excluding hydrogens is 570 g/mol. The molecule has 0 radical (unpaired) electrons. The number of fused-ring (bicyclic) bond motifs is 1. The maximum atomic E-state index is 12.4. The first-order valence-electron chi connectivity index (χ1n) is 14.5. The number of rotatable bonds is 10. The summed E-state index contributed by atoms with van der Waals surface area (Å²) in [5.74, 6) is 2.22. The largest absolute Gasteiger partial charge is 0.456 e. The van der Waals surface area contributed by atoms with Crippen LogP contribution in [0.25, 0.3) is 11.0 Å². The van der Waals surface area contributed by atoms with E-state index in [0.29, 0.717) is 61.1 Å². The summed E-state index contributed by atoms with van der Waals surface area (Å²) in [4.78, 5) is 23.1. The average Bonchev–Trinajstić information content (AvgIpc) is 3.40. The highest BCUT2D eigenvalue weighted by molar-refractivity contribution is 6.32. The molecule has 0 unspecified atom stereocenters. The minimum atomic E-state index is -0.499. The Morgan fingerprint density at radius 1 is 1.09 bits per heavy atom. The van der Waals surface area contributed by atoms with Crippen molar-refractivity contribution in [1.29, 1.82) is 0 Å². The average molecular weight is 608 g/mol. The normalized spacial score (nSPS) is 14.2. The van der Waals surface area contributed by atoms with Gasteiger partial charge in [-0.2, -0.15) is 0 Å². The van der Waals surface area contributed by atoms with E-state index in [1.165, 1.54) is 11.9 Å². The number of likely N-dealkylation sites (tertiary alicyclic amines) is 1. The van der Waals surface area contributed by atoms with E-state index in [1.807, 2.05) is 67.9 Å². The third-order valence-electron chi connectivity index (χ3n) is 7.16. The van der Waals surface area contributed by atoms with E-state index < -0.39 is 5.60 Å². The summed E-state index contributed by atoms with van der Waals surface area (Å²) in [6, 6.07) is 15.5. The first kappa shape index (κ1) is 30.6. The third kappa shape index (κ3) is 7.95. The number of halogens is 1. The Labute approximate surface area is 256 Å². The predicted octanol–water partition coefficient (Wildman–Crippen LogP) is 6.74. The number of hydrogen-bond acceptors (Lipinski definition) is 8. The number of aromatic nitrogens is 3. The van der Waals surface area contributed by atoms with Crippen LogP contribution in [0.4, 0.5) is 16.3 Å². The second-order valence-corrected chi connectivity index (χ2v) is 11.9. The number of aliphatic hydroxyl groups is 1. The zero-order valence-electron chi connectivity index (χ0n) is 24.8. The minimum absolute atomic E-state index is 0.00893. The topological polar surface area (TPSA) is 111 Å². The van der Waals surface area contributed by atoms with E-state index in [4.69, 9.17) is 30.9 Å². The van der Waals surface area contributed by atoms with Gasteiger partial charge in [0.2, 0.25) is 0 Å². The zero-order chi connectivity index (χ0) is 30.4. The van der Waals surface area contributed by atoms with Crippen LogP contribution in [0.5, 0.6) is 11.5 Å². The van der Waals surface area contributed by atoms with Gasteiger partial charge in [-0.1, -0.05) is 23.7 Å². The number of carbonyl (C=O) groups is 1. The van der Waals surface area contributed by atoms with Crippen molar-refractivity contribution in [3.63, 3.8) is 0 Å². The molecule has 1 aliphatic heterocycles. The molecule has 2 aromatic carbocycles. The highest BCUT2D eigenvalue weighted by Gasteiger charge is 2.27. The SMILES string of the molecule is CC(C)(C)OC(=O)N1CCC(c2cccc(Oc3ccc(Nc4ncnc5ccn(CCOCCO)c45)cc3Cl)c2)CC1. The van der Waals surface area contributed by atoms with Gasteiger partial charge in [-0.15, -0.1) is 0 Å². The van der Waals surface area contributed by atoms with Gasteiger partial charge >= 0.3 is 6.09 Å². The molecule has 0 atom stereocenters. The molecule has 228 valence electrons. The van der Waals surface area contributed by atoms with E-state index in [9.17, 15) is 4.79 Å². The van der Waals surface area contributed by atoms with Gasteiger partial charge in [0, 0.05) is 31.5 Å². The Morgan fingerprint density at radius 2 is 1.91 bits per heavy atom. The van der Waals surface area contributed by atoms with Crippen LogP contribution >= 0.6 is 11.6 Å². The van der Waals surface area contributed by atoms with E-state index in [2.05, 4.69) is 21.4 Å². The van der Waals surface area contributed by atoms with Gasteiger partial charge in [0.25, 0.3) is 0 Å². The maximum Gasteiger partial charge on any atom is 0.410 e. The maximum absolute atomic E-state index is 12.4. The van der Waals surface area contributed by atoms with Gasteiger partial charge in [0.1, 0.15) is 28.9 Å². The van der Waals surface area contributed by atoms with Crippen molar-refractivity contribution in [2.24, 2.45) is 0 Å². The highest BCUT2D eigenvalue weighted by atomic mass is 35.5. The van der Waals surface area contributed by atoms with Crippen LogP contribution in [0.3, 0.4) is 0 Å². The Morgan fingerprint density at radius 3 is 2.65 bits per heavy atom. The van der Waals surface area contributed by atoms with Gasteiger partial charge in [-0.05, 0) is 81.5 Å². The number of benzene rings is 2. The minimum Gasteiger partial charge on any atom is -0.456 e. The molecule has 1 saturated heterocycles. The quantitative estimate of drug-likeness (QED) is 0.191. The Hall–Kier alpha value is -3.86. The number of carbonyl (C=O) groups excluding carboxylic acids is 1. The number of hydrogen-bond donors (Lipinski definition) is 2. The molecule has 0 saturated carbocycles. The molecule has 2 N–H and O–H groups in total. The molecule has 0 bridgehead atoms. The van der Waals surface area contributed by atoms with Crippen molar-refractivity contribution in [3.05, 3.63) is 71.6 Å². The van der Waals surface area contributed by atoms with Gasteiger partial charge in [0.05, 0.1) is 30.4 Å². The molecule has 1 aliphatic rings. The van der Waals surface area contributed by atoms with Crippen LogP contribution in [-0.2, 0) is 16.0 Å². The van der Waals surface area contributed by atoms with Crippen LogP contribution in [-0.4, -0.2) is 69.1 Å². The molecule has 0 aliphatic carbocycles. The standard InChI is InChI=1S/C32H38ClN5O5/c1-32(2,3)43-31(40)38-12-9-22(10-13-38)23-5-4-6-25(19-23)42-28-8-7-24(20-26(28)33)36-30-29-27(34-21-35-30)11-14-37(29)15-17-41-18-16-39/h4-8,11,14,19-22,39H,9-10,12-13,15-18H2,1-3H3,(H,34,35,36). The lowest BCUT2D eigenvalue weighted by atomic mass is 9.89. The fraction of sp³-hybridized carbons (Fsp3) is 0.406. The number of piperidine rings is 1. The summed E-state index contributed by atoms with van der Waals surface area (Å²) in [5, 5.41) is 12.8. The second kappa shape index (κ2) is 13.6. The van der Waals surface area contributed by atoms with Crippen molar-refractivity contribution < 1.29 is 24.1 Å². The molecule has 1 amide bonds. The fourth-order valence-electron chi connectivity index (χ4n) is 5.12. The molecule has 11 heteroatoms. The van der Waals surface area contributed by atoms with Crippen LogP contribution in [0, 0.1) is 0 Å². The first-order chi connectivity index (χ1) is 20.7. The smallest absolute Gasteiger partial charge is 0.410 e. The van der Waals surface area contributed by atoms with Crippen molar-refractivity contribution in [1.82, 2.24) is 19.4 Å². The molecule has 43 heavy (non-hydrogen) atoms. The van der Waals surface area contributed by atoms with Crippen molar-refractivity contribution in [3.8, 4) is 11.5 Å². The lowest BCUT2D eigenvalue weighted by Crippen LogP contribution is -2.41. The number of nitrogens with zero attached hydrogens (tertiary/aromatic N) is 4. The van der Waals surface area contributed by atoms with Gasteiger partial charge in [-0.3, -0.25) is 0 Å². The fourth-order valence-corrected chi connectivity index (χ4v) is 5.34. The Bertz CT molecular complexity index is 1540. The Kier molecular flexibility index (Phi) is 9.69. The van der Waals surface area contributed by atoms with Crippen LogP contribution in [0.1, 0.15) is 45.1 Å². The molecular formula is C32H38ClN5O5. The molecule has 1 fully saturated rings. The summed E-state index contributed by atoms with van der Waals surface area (Å²) < 4.78 is 19.2. The number of nitrogens with one attached hydrogen (secondary N) is 1. The Balaban J connectivity index is 1.22. The zero-order valence-corrected chi connectivity index (χ0v) is 25.5. The van der Waals surface area contributed by atoms with Crippen LogP contribution < -0.4 is 10.1 Å². The van der Waals surface area contributed by atoms with E-state index >= 15 is 0 Å². The number of aliphatic hydroxyl groups excluding tert-OH is 1. The lowest BCUT2D eigenvalue weighted by Gasteiger charge is -2.33. The van der Waals surface area contributed by atoms with Crippen molar-refractivity contribution in [2.75, 3.05) is 38.2 Å². The summed E-state index contributed by atoms with van der Waals surface area (Å²) in [6.45, 7) is 8.32. The van der Waals surface area contributed by atoms with Crippen LogP contribution in [0.2, 0.25) is 5.02 Å². The molecule has 2 aromatic heterocycles. The van der Waals surface area contributed by atoms with Crippen LogP contribution in [0.15, 0.2) is 61.1 Å². The molecule has 4 aromatic rings. The monoisotopic (exact) mass is 607 g/mol. The van der Waals surface area contributed by atoms with Crippen molar-refractivity contribution >= 4 is 40.2 Å². The third-order valence-corrected chi connectivity index (χ3v) is 7.46. The van der Waals surface area contributed by atoms with E-state index in [1.54, 1.807) is 11.0 Å². The van der Waals surface area contributed by atoms with Gasteiger partial charge in [-0.25, -0.2) is 14.8 Å². The first-order valence-corrected chi connectivity index (χ1v) is 14.9. The predicted molar refractivity (Wildman–Crippen MR) is 166 cm³/mol. The molecule has 0 spiro atoms. The number of ether oxygens (including phenoxy) is 3. The van der Waals surface area contributed by atoms with Gasteiger partial charge < -0.3 is 34.1 Å². The summed E-state index contributed by atoms with van der Waals surface area (Å²) in [6.07, 6.45) is 4.93. The number of anilines is 2. The van der Waals surface area contributed by atoms with Crippen molar-refractivity contribution in [2.45, 2.75) is 51.7 Å². The molecule has 5 rings (SSSR count). The van der Waals surface area contributed by atoms with E-state index in [0.717, 1.165) is 29.6 Å². The highest BCUT2D eigenvalue weighted by Crippen LogP contribution is 2.36. The summed E-state index contributed by atoms with van der Waals surface area (Å²) in [7, 11) is 0. The molecule has 3 heterocycles. The summed E-state index contributed by atoms with van der Waals surface area (Å²) in [5.41, 5.74) is 3.09. The number of amides is 1. The second-order valence-electron chi connectivity index (χ2n) is 11.5. The van der Waals surface area contributed by atoms with Gasteiger partial charge in [0.15, 0.2) is 5.82 Å².